The van der Waals surface area contributed by atoms with Gasteiger partial charge in [0, 0.05) is 31.0 Å². The molecule has 5 heteroatoms. The van der Waals surface area contributed by atoms with Gasteiger partial charge in [0.2, 0.25) is 0 Å². The first kappa shape index (κ1) is 11.8. The fourth-order valence-corrected chi connectivity index (χ4v) is 2.28. The average molecular weight is 241 g/mol. The summed E-state index contributed by atoms with van der Waals surface area (Å²) < 4.78 is 0. The highest BCUT2D eigenvalue weighted by molar-refractivity contribution is 6.29. The second-order valence-electron chi connectivity index (χ2n) is 4.23. The van der Waals surface area contributed by atoms with Crippen molar-refractivity contribution < 1.29 is 0 Å². The standard InChI is InChI=1S/C11H17ClN4/c12-11-10(14-5-6-15-11)7-16-9-4-2-1-3-8(9)13/h5-6,8-9,16H,1-4,7,13H2/t8-,9-/m0/s1. The Kier molecular flexibility index (Phi) is 4.09. The van der Waals surface area contributed by atoms with Gasteiger partial charge < -0.3 is 11.1 Å². The lowest BCUT2D eigenvalue weighted by molar-refractivity contribution is 0.325. The number of nitrogens with one attached hydrogen (secondary N) is 1. The highest BCUT2D eigenvalue weighted by atomic mass is 35.5. The molecule has 0 unspecified atom stereocenters. The highest BCUT2D eigenvalue weighted by Gasteiger charge is 2.21. The molecule has 1 fully saturated rings. The Hall–Kier alpha value is -0.710. The topological polar surface area (TPSA) is 63.8 Å². The van der Waals surface area contributed by atoms with Gasteiger partial charge in [0.05, 0.1) is 5.69 Å². The molecule has 0 bridgehead atoms. The van der Waals surface area contributed by atoms with Crippen LogP contribution in [0.25, 0.3) is 0 Å². The lowest BCUT2D eigenvalue weighted by Gasteiger charge is -2.29. The minimum absolute atomic E-state index is 0.254. The van der Waals surface area contributed by atoms with Gasteiger partial charge in [-0.15, -0.1) is 0 Å². The Morgan fingerprint density at radius 3 is 2.81 bits per heavy atom. The summed E-state index contributed by atoms with van der Waals surface area (Å²) in [7, 11) is 0. The van der Waals surface area contributed by atoms with Gasteiger partial charge in [-0.3, -0.25) is 4.98 Å². The van der Waals surface area contributed by atoms with Crippen LogP contribution in [0.3, 0.4) is 0 Å². The van der Waals surface area contributed by atoms with Crippen molar-refractivity contribution in [2.24, 2.45) is 5.73 Å². The van der Waals surface area contributed by atoms with Gasteiger partial charge in [-0.25, -0.2) is 4.98 Å². The second-order valence-corrected chi connectivity index (χ2v) is 4.59. The van der Waals surface area contributed by atoms with Gasteiger partial charge >= 0.3 is 0 Å². The van der Waals surface area contributed by atoms with Gasteiger partial charge in [-0.2, -0.15) is 0 Å². The summed E-state index contributed by atoms with van der Waals surface area (Å²) in [6, 6.07) is 0.635. The Bertz CT molecular complexity index is 345. The maximum Gasteiger partial charge on any atom is 0.151 e. The van der Waals surface area contributed by atoms with E-state index in [1.54, 1.807) is 12.4 Å². The Morgan fingerprint density at radius 2 is 2.06 bits per heavy atom. The maximum absolute atomic E-state index is 6.05. The van der Waals surface area contributed by atoms with Crippen molar-refractivity contribution in [1.29, 1.82) is 0 Å². The minimum atomic E-state index is 0.254. The molecule has 4 nitrogen and oxygen atoms in total. The van der Waals surface area contributed by atoms with Crippen LogP contribution in [-0.2, 0) is 6.54 Å². The minimum Gasteiger partial charge on any atom is -0.326 e. The van der Waals surface area contributed by atoms with Crippen molar-refractivity contribution in [1.82, 2.24) is 15.3 Å². The SMILES string of the molecule is N[C@H]1CCCC[C@@H]1NCc1nccnc1Cl. The molecule has 0 amide bonds. The molecule has 0 radical (unpaired) electrons. The van der Waals surface area contributed by atoms with E-state index in [1.165, 1.54) is 12.8 Å². The van der Waals surface area contributed by atoms with Crippen LogP contribution >= 0.6 is 11.6 Å². The van der Waals surface area contributed by atoms with Crippen molar-refractivity contribution in [3.63, 3.8) is 0 Å². The summed E-state index contributed by atoms with van der Waals surface area (Å²) in [5, 5.41) is 3.89. The number of nitrogens with zero attached hydrogens (tertiary/aromatic N) is 2. The van der Waals surface area contributed by atoms with Crippen molar-refractivity contribution in [3.05, 3.63) is 23.2 Å². The van der Waals surface area contributed by atoms with E-state index in [0.717, 1.165) is 18.5 Å². The van der Waals surface area contributed by atoms with E-state index >= 15 is 0 Å². The number of aromatic nitrogens is 2. The molecule has 2 rings (SSSR count). The summed E-state index contributed by atoms with van der Waals surface area (Å²) in [5.74, 6) is 0. The molecule has 1 aromatic rings. The molecular weight excluding hydrogens is 224 g/mol. The molecule has 0 aliphatic heterocycles. The quantitative estimate of drug-likeness (QED) is 0.840. The lowest BCUT2D eigenvalue weighted by atomic mass is 9.91. The normalized spacial score (nSPS) is 25.6. The number of hydrogen-bond donors (Lipinski definition) is 2. The van der Waals surface area contributed by atoms with E-state index in [0.29, 0.717) is 17.7 Å². The van der Waals surface area contributed by atoms with Gasteiger partial charge in [0.15, 0.2) is 5.15 Å². The molecule has 1 aromatic heterocycles. The predicted octanol–water partition coefficient (Wildman–Crippen LogP) is 1.49. The third kappa shape index (κ3) is 2.90. The van der Waals surface area contributed by atoms with Gasteiger partial charge in [-0.05, 0) is 12.8 Å². The van der Waals surface area contributed by atoms with Crippen LogP contribution in [0, 0.1) is 0 Å². The second kappa shape index (κ2) is 5.57. The molecule has 2 atom stereocenters. The summed E-state index contributed by atoms with van der Waals surface area (Å²) in [6.07, 6.45) is 7.98. The van der Waals surface area contributed by atoms with E-state index in [4.69, 9.17) is 17.3 Å². The van der Waals surface area contributed by atoms with Gasteiger partial charge in [0.1, 0.15) is 0 Å². The predicted molar refractivity (Wildman–Crippen MR) is 64.1 cm³/mol. The Labute approximate surface area is 101 Å². The molecule has 1 aliphatic carbocycles. The molecule has 88 valence electrons. The van der Waals surface area contributed by atoms with Crippen LogP contribution in [0.5, 0.6) is 0 Å². The summed E-state index contributed by atoms with van der Waals surface area (Å²) >= 11 is 5.93. The van der Waals surface area contributed by atoms with E-state index in [9.17, 15) is 0 Å². The number of nitrogens with two attached hydrogens (primary N) is 1. The Morgan fingerprint density at radius 1 is 1.31 bits per heavy atom. The third-order valence-corrected chi connectivity index (χ3v) is 3.39. The van der Waals surface area contributed by atoms with Crippen LogP contribution in [0.15, 0.2) is 12.4 Å². The summed E-state index contributed by atoms with van der Waals surface area (Å²) in [4.78, 5) is 8.18. The van der Waals surface area contributed by atoms with Crippen LogP contribution in [-0.4, -0.2) is 22.1 Å². The number of rotatable bonds is 3. The third-order valence-electron chi connectivity index (χ3n) is 3.07. The van der Waals surface area contributed by atoms with Gasteiger partial charge in [-0.1, -0.05) is 24.4 Å². The fourth-order valence-electron chi connectivity index (χ4n) is 2.11. The van der Waals surface area contributed by atoms with Crippen LogP contribution in [0.2, 0.25) is 5.15 Å². The fraction of sp³-hybridized carbons (Fsp3) is 0.636. The summed E-state index contributed by atoms with van der Waals surface area (Å²) in [6.45, 7) is 0.644. The molecule has 0 spiro atoms. The summed E-state index contributed by atoms with van der Waals surface area (Å²) in [5.41, 5.74) is 6.84. The van der Waals surface area contributed by atoms with Crippen molar-refractivity contribution in [2.75, 3.05) is 0 Å². The van der Waals surface area contributed by atoms with Crippen molar-refractivity contribution in [2.45, 2.75) is 44.3 Å². The zero-order valence-corrected chi connectivity index (χ0v) is 9.95. The van der Waals surface area contributed by atoms with Gasteiger partial charge in [0.25, 0.3) is 0 Å². The van der Waals surface area contributed by atoms with Crippen LogP contribution in [0.4, 0.5) is 0 Å². The first-order valence-electron chi connectivity index (χ1n) is 5.71. The van der Waals surface area contributed by atoms with E-state index in [2.05, 4.69) is 15.3 Å². The number of halogens is 1. The first-order chi connectivity index (χ1) is 7.77. The van der Waals surface area contributed by atoms with Crippen LogP contribution < -0.4 is 11.1 Å². The van der Waals surface area contributed by atoms with E-state index in [1.807, 2.05) is 0 Å². The largest absolute Gasteiger partial charge is 0.326 e. The zero-order chi connectivity index (χ0) is 11.4. The average Bonchev–Trinajstić information content (AvgIpc) is 2.30. The lowest BCUT2D eigenvalue weighted by Crippen LogP contribution is -2.46. The maximum atomic E-state index is 6.05. The highest BCUT2D eigenvalue weighted by Crippen LogP contribution is 2.17. The molecule has 1 heterocycles. The molecule has 3 N–H and O–H groups in total. The zero-order valence-electron chi connectivity index (χ0n) is 9.19. The molecular formula is C11H17ClN4. The molecule has 0 saturated heterocycles. The number of hydrogen-bond acceptors (Lipinski definition) is 4. The molecule has 1 aliphatic rings. The van der Waals surface area contributed by atoms with E-state index in [-0.39, 0.29) is 6.04 Å². The Balaban J connectivity index is 1.89. The smallest absolute Gasteiger partial charge is 0.151 e. The van der Waals surface area contributed by atoms with Crippen molar-refractivity contribution in [3.8, 4) is 0 Å². The molecule has 1 saturated carbocycles. The molecule has 16 heavy (non-hydrogen) atoms. The van der Waals surface area contributed by atoms with Crippen LogP contribution in [0.1, 0.15) is 31.4 Å². The monoisotopic (exact) mass is 240 g/mol. The van der Waals surface area contributed by atoms with Crippen molar-refractivity contribution >= 4 is 11.6 Å². The van der Waals surface area contributed by atoms with E-state index < -0.39 is 0 Å². The first-order valence-corrected chi connectivity index (χ1v) is 6.09. The molecule has 0 aromatic carbocycles.